The Morgan fingerprint density at radius 3 is 2.71 bits per heavy atom. The molecule has 0 spiro atoms. The molecule has 14 heavy (non-hydrogen) atoms. The normalized spacial score (nSPS) is 10.3. The molecular weight excluding hydrogens is 176 g/mol. The Morgan fingerprint density at radius 1 is 1.36 bits per heavy atom. The van der Waals surface area contributed by atoms with E-state index in [0.29, 0.717) is 6.54 Å². The fourth-order valence-corrected chi connectivity index (χ4v) is 1.18. The second kappa shape index (κ2) is 5.50. The van der Waals surface area contributed by atoms with E-state index in [4.69, 9.17) is 10.5 Å². The van der Waals surface area contributed by atoms with Crippen LogP contribution in [0.3, 0.4) is 0 Å². The lowest BCUT2D eigenvalue weighted by Gasteiger charge is -2.14. The Hall–Kier alpha value is -1.22. The van der Waals surface area contributed by atoms with Crippen LogP contribution >= 0.6 is 0 Å². The molecule has 0 amide bonds. The molecule has 0 atom stereocenters. The van der Waals surface area contributed by atoms with Gasteiger partial charge in [-0.3, -0.25) is 0 Å². The van der Waals surface area contributed by atoms with E-state index in [1.165, 1.54) is 0 Å². The van der Waals surface area contributed by atoms with E-state index in [1.807, 2.05) is 38.1 Å². The number of para-hydroxylation sites is 2. The van der Waals surface area contributed by atoms with Crippen LogP contribution in [0.15, 0.2) is 24.3 Å². The van der Waals surface area contributed by atoms with Crippen LogP contribution in [0, 0.1) is 0 Å². The Bertz CT molecular complexity index is 274. The average molecular weight is 194 g/mol. The van der Waals surface area contributed by atoms with Crippen LogP contribution in [-0.4, -0.2) is 19.2 Å². The second-order valence-corrected chi connectivity index (χ2v) is 3.38. The van der Waals surface area contributed by atoms with E-state index >= 15 is 0 Å². The monoisotopic (exact) mass is 194 g/mol. The molecule has 0 aliphatic carbocycles. The first-order valence-corrected chi connectivity index (χ1v) is 4.93. The Labute approximate surface area is 85.3 Å². The minimum atomic E-state index is 0.191. The minimum Gasteiger partial charge on any atom is -0.489 e. The van der Waals surface area contributed by atoms with E-state index in [0.717, 1.165) is 18.0 Å². The van der Waals surface area contributed by atoms with Gasteiger partial charge in [0.1, 0.15) is 5.75 Å². The average Bonchev–Trinajstić information content (AvgIpc) is 2.16. The lowest BCUT2D eigenvalue weighted by Crippen LogP contribution is -2.14. The van der Waals surface area contributed by atoms with Crippen LogP contribution in [0.2, 0.25) is 0 Å². The number of hydrogen-bond acceptors (Lipinski definition) is 3. The first-order chi connectivity index (χ1) is 6.74. The molecule has 0 fully saturated rings. The summed E-state index contributed by atoms with van der Waals surface area (Å²) in [5.74, 6) is 0.885. The van der Waals surface area contributed by atoms with Gasteiger partial charge in [0.2, 0.25) is 0 Å². The maximum atomic E-state index is 5.64. The predicted molar refractivity (Wildman–Crippen MR) is 59.8 cm³/mol. The zero-order valence-electron chi connectivity index (χ0n) is 8.79. The summed E-state index contributed by atoms with van der Waals surface area (Å²) in [5.41, 5.74) is 6.43. The highest BCUT2D eigenvalue weighted by Gasteiger charge is 2.02. The maximum Gasteiger partial charge on any atom is 0.142 e. The molecule has 1 aromatic carbocycles. The molecule has 0 bridgehead atoms. The fraction of sp³-hybridized carbons (Fsp3) is 0.455. The molecular formula is C11H18N2O. The quantitative estimate of drug-likeness (QED) is 0.752. The third-order valence-electron chi connectivity index (χ3n) is 1.71. The van der Waals surface area contributed by atoms with Gasteiger partial charge in [0.05, 0.1) is 11.8 Å². The van der Waals surface area contributed by atoms with Gasteiger partial charge >= 0.3 is 0 Å². The first-order valence-electron chi connectivity index (χ1n) is 4.93. The zero-order valence-corrected chi connectivity index (χ0v) is 8.79. The molecule has 0 saturated heterocycles. The van der Waals surface area contributed by atoms with Crippen LogP contribution < -0.4 is 15.8 Å². The van der Waals surface area contributed by atoms with Crippen LogP contribution in [0.1, 0.15) is 13.8 Å². The summed E-state index contributed by atoms with van der Waals surface area (Å²) in [4.78, 5) is 0. The van der Waals surface area contributed by atoms with Crippen molar-refractivity contribution in [1.82, 2.24) is 0 Å². The highest BCUT2D eigenvalue weighted by atomic mass is 16.5. The van der Waals surface area contributed by atoms with Crippen LogP contribution in [0.4, 0.5) is 5.69 Å². The lowest BCUT2D eigenvalue weighted by atomic mass is 10.3. The van der Waals surface area contributed by atoms with Crippen molar-refractivity contribution in [2.45, 2.75) is 20.0 Å². The maximum absolute atomic E-state index is 5.64. The third kappa shape index (κ3) is 3.26. The number of hydrogen-bond donors (Lipinski definition) is 2. The topological polar surface area (TPSA) is 47.3 Å². The summed E-state index contributed by atoms with van der Waals surface area (Å²) in [7, 11) is 0. The molecule has 1 rings (SSSR count). The van der Waals surface area contributed by atoms with Gasteiger partial charge in [-0.2, -0.15) is 0 Å². The van der Waals surface area contributed by atoms with Crippen LogP contribution in [-0.2, 0) is 0 Å². The molecule has 0 saturated carbocycles. The molecule has 3 nitrogen and oxygen atoms in total. The molecule has 0 aromatic heterocycles. The van der Waals surface area contributed by atoms with E-state index < -0.39 is 0 Å². The van der Waals surface area contributed by atoms with E-state index in [2.05, 4.69) is 5.32 Å². The van der Waals surface area contributed by atoms with Crippen LogP contribution in [0.25, 0.3) is 0 Å². The van der Waals surface area contributed by atoms with Crippen molar-refractivity contribution in [2.24, 2.45) is 5.73 Å². The van der Waals surface area contributed by atoms with Crippen molar-refractivity contribution in [2.75, 3.05) is 18.4 Å². The number of nitrogens with two attached hydrogens (primary N) is 1. The molecule has 0 unspecified atom stereocenters. The van der Waals surface area contributed by atoms with Crippen molar-refractivity contribution in [1.29, 1.82) is 0 Å². The van der Waals surface area contributed by atoms with E-state index in [-0.39, 0.29) is 6.10 Å². The zero-order chi connectivity index (χ0) is 10.4. The highest BCUT2D eigenvalue weighted by molar-refractivity contribution is 5.56. The molecule has 1 aromatic rings. The number of anilines is 1. The summed E-state index contributed by atoms with van der Waals surface area (Å²) >= 11 is 0. The van der Waals surface area contributed by atoms with Gasteiger partial charge < -0.3 is 15.8 Å². The highest BCUT2D eigenvalue weighted by Crippen LogP contribution is 2.24. The van der Waals surface area contributed by atoms with E-state index in [1.54, 1.807) is 0 Å². The van der Waals surface area contributed by atoms with Crippen LogP contribution in [0.5, 0.6) is 5.75 Å². The molecule has 0 aliphatic rings. The smallest absolute Gasteiger partial charge is 0.142 e. The Morgan fingerprint density at radius 2 is 2.07 bits per heavy atom. The number of nitrogens with one attached hydrogen (secondary N) is 1. The van der Waals surface area contributed by atoms with Gasteiger partial charge in [0, 0.05) is 13.1 Å². The predicted octanol–water partition coefficient (Wildman–Crippen LogP) is 1.84. The Kier molecular flexibility index (Phi) is 4.26. The second-order valence-electron chi connectivity index (χ2n) is 3.38. The number of benzene rings is 1. The summed E-state index contributed by atoms with van der Waals surface area (Å²) in [6.45, 7) is 5.41. The molecule has 0 radical (unpaired) electrons. The van der Waals surface area contributed by atoms with Crippen molar-refractivity contribution in [3.05, 3.63) is 24.3 Å². The molecule has 78 valence electrons. The van der Waals surface area contributed by atoms with Gasteiger partial charge in [0.25, 0.3) is 0 Å². The SMILES string of the molecule is CC(C)Oc1ccccc1NCCN. The van der Waals surface area contributed by atoms with Gasteiger partial charge in [-0.1, -0.05) is 12.1 Å². The largest absolute Gasteiger partial charge is 0.489 e. The summed E-state index contributed by atoms with van der Waals surface area (Å²) in [6.07, 6.45) is 0.191. The van der Waals surface area contributed by atoms with Gasteiger partial charge in [-0.25, -0.2) is 0 Å². The summed E-state index contributed by atoms with van der Waals surface area (Å²) < 4.78 is 5.64. The minimum absolute atomic E-state index is 0.191. The Balaban J connectivity index is 2.69. The summed E-state index contributed by atoms with van der Waals surface area (Å²) in [5, 5.41) is 3.22. The van der Waals surface area contributed by atoms with Crippen molar-refractivity contribution < 1.29 is 4.74 Å². The van der Waals surface area contributed by atoms with Gasteiger partial charge in [0.15, 0.2) is 0 Å². The van der Waals surface area contributed by atoms with Crippen molar-refractivity contribution >= 4 is 5.69 Å². The number of rotatable bonds is 5. The fourth-order valence-electron chi connectivity index (χ4n) is 1.18. The standard InChI is InChI=1S/C11H18N2O/c1-9(2)14-11-6-4-3-5-10(11)13-8-7-12/h3-6,9,13H,7-8,12H2,1-2H3. The van der Waals surface area contributed by atoms with Gasteiger partial charge in [-0.15, -0.1) is 0 Å². The van der Waals surface area contributed by atoms with Crippen molar-refractivity contribution in [3.63, 3.8) is 0 Å². The van der Waals surface area contributed by atoms with Crippen molar-refractivity contribution in [3.8, 4) is 5.75 Å². The van der Waals surface area contributed by atoms with Gasteiger partial charge in [-0.05, 0) is 26.0 Å². The molecule has 0 aliphatic heterocycles. The number of ether oxygens (including phenoxy) is 1. The summed E-state index contributed by atoms with van der Waals surface area (Å²) in [6, 6.07) is 7.89. The lowest BCUT2D eigenvalue weighted by molar-refractivity contribution is 0.243. The molecule has 3 heteroatoms. The molecule has 3 N–H and O–H groups in total. The first kappa shape index (κ1) is 10.9. The van der Waals surface area contributed by atoms with E-state index in [9.17, 15) is 0 Å². The third-order valence-corrected chi connectivity index (χ3v) is 1.71. The molecule has 0 heterocycles.